The van der Waals surface area contributed by atoms with E-state index in [-0.39, 0.29) is 29.2 Å². The number of halogens is 1. The number of anilines is 1. The Balaban J connectivity index is 1.39. The molecule has 1 aromatic carbocycles. The van der Waals surface area contributed by atoms with Gasteiger partial charge in [-0.25, -0.2) is 9.38 Å². The van der Waals surface area contributed by atoms with Gasteiger partial charge in [-0.15, -0.1) is 18.3 Å². The van der Waals surface area contributed by atoms with Crippen LogP contribution in [-0.2, 0) is 16.1 Å². The number of aliphatic imine (C=N–C) groups is 1. The molecule has 1 saturated heterocycles. The van der Waals surface area contributed by atoms with Crippen LogP contribution in [0.15, 0.2) is 83.3 Å². The van der Waals surface area contributed by atoms with E-state index in [1.54, 1.807) is 42.7 Å². The fourth-order valence-corrected chi connectivity index (χ4v) is 6.52. The van der Waals surface area contributed by atoms with Gasteiger partial charge in [0, 0.05) is 74.1 Å². The van der Waals surface area contributed by atoms with Crippen molar-refractivity contribution in [3.05, 3.63) is 73.4 Å². The molecule has 250 valence electrons. The zero-order valence-corrected chi connectivity index (χ0v) is 28.4. The first-order chi connectivity index (χ1) is 22.6. The number of allylic oxidation sites excluding steroid dienone is 1. The third kappa shape index (κ3) is 8.05. The van der Waals surface area contributed by atoms with Crippen molar-refractivity contribution in [1.82, 2.24) is 24.5 Å². The van der Waals surface area contributed by atoms with E-state index in [4.69, 9.17) is 9.84 Å². The summed E-state index contributed by atoms with van der Waals surface area (Å²) in [5.74, 6) is 0.173. The van der Waals surface area contributed by atoms with E-state index in [0.717, 1.165) is 24.3 Å². The van der Waals surface area contributed by atoms with Crippen LogP contribution < -0.4 is 10.1 Å². The Kier molecular flexibility index (Phi) is 10.7. The van der Waals surface area contributed by atoms with Gasteiger partial charge in [0.25, 0.3) is 5.91 Å². The number of alkyl halides is 1. The molecule has 2 amide bonds. The van der Waals surface area contributed by atoms with E-state index in [1.807, 2.05) is 23.3 Å². The van der Waals surface area contributed by atoms with Gasteiger partial charge in [0.2, 0.25) is 12.3 Å². The fraction of sp³-hybridized carbons (Fsp3) is 0.429. The highest BCUT2D eigenvalue weighted by Gasteiger charge is 2.41. The number of hydrogen-bond acceptors (Lipinski definition) is 8. The first-order valence-electron chi connectivity index (χ1n) is 15.9. The first-order valence-corrected chi connectivity index (χ1v) is 17.1. The Morgan fingerprint density at radius 3 is 2.64 bits per heavy atom. The number of amides is 2. The average molecular weight is 662 g/mol. The van der Waals surface area contributed by atoms with Crippen molar-refractivity contribution in [2.45, 2.75) is 56.4 Å². The number of thioether (sulfide) groups is 1. The Labute approximate surface area is 280 Å². The number of ether oxygens (including phenoxy) is 1. The molecule has 2 aromatic rings. The smallest absolute Gasteiger partial charge is 0.259 e. The Hall–Kier alpha value is -4.16. The van der Waals surface area contributed by atoms with E-state index in [1.165, 1.54) is 42.3 Å². The van der Waals surface area contributed by atoms with Crippen molar-refractivity contribution in [3.63, 3.8) is 0 Å². The number of likely N-dealkylation sites (tertiary alicyclic amines) is 1. The van der Waals surface area contributed by atoms with Crippen LogP contribution in [0.4, 0.5) is 10.1 Å². The highest BCUT2D eigenvalue weighted by molar-refractivity contribution is 7.98. The van der Waals surface area contributed by atoms with Gasteiger partial charge in [-0.2, -0.15) is 5.10 Å². The Morgan fingerprint density at radius 1 is 1.28 bits per heavy atom. The van der Waals surface area contributed by atoms with Crippen molar-refractivity contribution in [2.75, 3.05) is 45.3 Å². The van der Waals surface area contributed by atoms with Gasteiger partial charge in [0.05, 0.1) is 11.3 Å². The summed E-state index contributed by atoms with van der Waals surface area (Å²) in [4.78, 5) is 38.5. The van der Waals surface area contributed by atoms with Gasteiger partial charge >= 0.3 is 0 Å². The van der Waals surface area contributed by atoms with Crippen LogP contribution in [-0.4, -0.2) is 94.9 Å². The molecule has 1 aromatic heterocycles. The molecular formula is C35H44FN7O3S. The molecule has 0 radical (unpaired) electrons. The quantitative estimate of drug-likeness (QED) is 0.167. The number of carbonyl (C=O) groups excluding carboxylic acids is 2. The molecule has 2 aliphatic heterocycles. The van der Waals surface area contributed by atoms with Crippen molar-refractivity contribution < 1.29 is 18.7 Å². The van der Waals surface area contributed by atoms with Crippen molar-refractivity contribution in [2.24, 2.45) is 10.4 Å². The lowest BCUT2D eigenvalue weighted by molar-refractivity contribution is -0.133. The van der Waals surface area contributed by atoms with Gasteiger partial charge in [-0.3, -0.25) is 14.3 Å². The minimum absolute atomic E-state index is 0.0197. The number of rotatable bonds is 13. The van der Waals surface area contributed by atoms with Crippen molar-refractivity contribution in [1.29, 1.82) is 0 Å². The number of aromatic nitrogens is 2. The summed E-state index contributed by atoms with van der Waals surface area (Å²) in [5, 5.41) is 7.70. The lowest BCUT2D eigenvalue weighted by Crippen LogP contribution is -2.47. The molecule has 2 fully saturated rings. The normalized spacial score (nSPS) is 19.0. The second-order valence-corrected chi connectivity index (χ2v) is 13.2. The molecule has 1 saturated carbocycles. The van der Waals surface area contributed by atoms with E-state index in [9.17, 15) is 14.0 Å². The van der Waals surface area contributed by atoms with Crippen LogP contribution in [0.1, 0.15) is 32.6 Å². The topological polar surface area (TPSA) is 95.3 Å². The monoisotopic (exact) mass is 661 g/mol. The molecule has 1 unspecified atom stereocenters. The van der Waals surface area contributed by atoms with E-state index in [2.05, 4.69) is 41.5 Å². The molecule has 12 heteroatoms. The Morgan fingerprint density at radius 2 is 2.02 bits per heavy atom. The van der Waals surface area contributed by atoms with Crippen LogP contribution in [0.3, 0.4) is 0 Å². The maximum Gasteiger partial charge on any atom is 0.259 e. The third-order valence-corrected chi connectivity index (χ3v) is 9.71. The molecule has 3 aliphatic rings. The SMILES string of the molecule is C=C/C(C(=O)Nc1cn(CC(=O)N2CCC(N(C)CC3(C=C)CC3)CC2)nc1-c1cc(SC)ccc1OC(C)F)=C1/N=CC=CN1C. The van der Waals surface area contributed by atoms with Gasteiger partial charge in [-0.05, 0) is 63.3 Å². The standard InChI is InChI=1S/C35H44FN7O3S/c1-7-27(33-37-16-9-17-40(33)4)34(45)38-29-21-43(39-32(29)28-20-26(47-6)10-11-30(28)46-24(3)36)22-31(44)42-18-12-25(13-19-42)41(5)23-35(8-2)14-15-35/h7-11,16-17,20-21,24-25H,1-2,12-15,18-19,22-23H2,3-6H3,(H,38,45)/b33-27+. The van der Waals surface area contributed by atoms with Crippen molar-refractivity contribution >= 4 is 35.5 Å². The maximum absolute atomic E-state index is 14.1. The first kappa shape index (κ1) is 34.2. The predicted molar refractivity (Wildman–Crippen MR) is 186 cm³/mol. The average Bonchev–Trinajstić information content (AvgIpc) is 3.73. The second kappa shape index (κ2) is 14.7. The second-order valence-electron chi connectivity index (χ2n) is 12.3. The molecule has 1 N–H and O–H groups in total. The van der Waals surface area contributed by atoms with Crippen LogP contribution in [0.5, 0.6) is 5.75 Å². The van der Waals surface area contributed by atoms with Gasteiger partial charge < -0.3 is 24.8 Å². The predicted octanol–water partition coefficient (Wildman–Crippen LogP) is 5.72. The van der Waals surface area contributed by atoms with E-state index in [0.29, 0.717) is 41.9 Å². The molecule has 5 rings (SSSR count). The highest BCUT2D eigenvalue weighted by Crippen LogP contribution is 2.47. The molecular weight excluding hydrogens is 617 g/mol. The summed E-state index contributed by atoms with van der Waals surface area (Å²) in [6.07, 6.45) is 14.9. The molecule has 0 spiro atoms. The minimum Gasteiger partial charge on any atom is -0.460 e. The summed E-state index contributed by atoms with van der Waals surface area (Å²) in [6, 6.07) is 5.77. The van der Waals surface area contributed by atoms with Gasteiger partial charge in [0.1, 0.15) is 23.8 Å². The summed E-state index contributed by atoms with van der Waals surface area (Å²) in [7, 11) is 3.96. The van der Waals surface area contributed by atoms with Gasteiger partial charge in [0.15, 0.2) is 0 Å². The summed E-state index contributed by atoms with van der Waals surface area (Å²) in [6.45, 7) is 11.5. The van der Waals surface area contributed by atoms with Crippen LogP contribution in [0.25, 0.3) is 11.3 Å². The molecule has 0 bridgehead atoms. The number of hydrogen-bond donors (Lipinski definition) is 1. The number of nitrogens with one attached hydrogen (secondary N) is 1. The minimum atomic E-state index is -1.58. The van der Waals surface area contributed by atoms with Crippen molar-refractivity contribution in [3.8, 4) is 17.0 Å². The van der Waals surface area contributed by atoms with E-state index >= 15 is 0 Å². The molecule has 1 atom stereocenters. The third-order valence-electron chi connectivity index (χ3n) is 8.98. The summed E-state index contributed by atoms with van der Waals surface area (Å²) >= 11 is 1.51. The lowest BCUT2D eigenvalue weighted by Gasteiger charge is -2.38. The fourth-order valence-electron chi connectivity index (χ4n) is 6.08. The van der Waals surface area contributed by atoms with E-state index < -0.39 is 12.3 Å². The number of nitrogens with zero attached hydrogens (tertiary/aromatic N) is 6. The number of benzene rings is 1. The maximum atomic E-state index is 14.1. The molecule has 3 heterocycles. The van der Waals surface area contributed by atoms with Crippen LogP contribution in [0.2, 0.25) is 0 Å². The van der Waals surface area contributed by atoms with Crippen LogP contribution in [0, 0.1) is 5.41 Å². The summed E-state index contributed by atoms with van der Waals surface area (Å²) < 4.78 is 21.1. The molecule has 47 heavy (non-hydrogen) atoms. The number of piperidine rings is 1. The number of carbonyl (C=O) groups is 2. The Bertz CT molecular complexity index is 1600. The molecule has 1 aliphatic carbocycles. The zero-order chi connectivity index (χ0) is 33.7. The van der Waals surface area contributed by atoms with Crippen LogP contribution >= 0.6 is 11.8 Å². The lowest BCUT2D eigenvalue weighted by atomic mass is 10.0. The largest absolute Gasteiger partial charge is 0.460 e. The summed E-state index contributed by atoms with van der Waals surface area (Å²) in [5.41, 5.74) is 1.69. The van der Waals surface area contributed by atoms with Gasteiger partial charge in [-0.1, -0.05) is 18.7 Å². The highest BCUT2D eigenvalue weighted by atomic mass is 32.2. The molecule has 10 nitrogen and oxygen atoms in total. The zero-order valence-electron chi connectivity index (χ0n) is 27.6.